The van der Waals surface area contributed by atoms with Crippen LogP contribution in [-0.4, -0.2) is 11.7 Å². The first-order valence-corrected chi connectivity index (χ1v) is 10.3. The molecule has 0 bridgehead atoms. The zero-order valence-corrected chi connectivity index (χ0v) is 18.2. The molecular formula is C25H28N2O3. The van der Waals surface area contributed by atoms with Gasteiger partial charge in [-0.25, -0.2) is 0 Å². The van der Waals surface area contributed by atoms with E-state index >= 15 is 0 Å². The molecule has 5 heteroatoms. The van der Waals surface area contributed by atoms with Gasteiger partial charge in [0.2, 0.25) is 0 Å². The largest absolute Gasteiger partial charge is 0.465 e. The molecule has 1 aliphatic carbocycles. The minimum atomic E-state index is -0.510. The highest BCUT2D eigenvalue weighted by atomic mass is 16.3. The molecule has 2 N–H and O–H groups in total. The third-order valence-corrected chi connectivity index (χ3v) is 5.84. The lowest BCUT2D eigenvalue weighted by Gasteiger charge is -2.39. The van der Waals surface area contributed by atoms with Crippen LogP contribution < -0.4 is 10.6 Å². The number of nitrogens with one attached hydrogen (secondary N) is 2. The van der Waals surface area contributed by atoms with Crippen molar-refractivity contribution in [3.8, 4) is 0 Å². The molecule has 0 unspecified atom stereocenters. The summed E-state index contributed by atoms with van der Waals surface area (Å²) in [5.41, 5.74) is 4.56. The Hall–Kier alpha value is -3.08. The Morgan fingerprint density at radius 2 is 1.77 bits per heavy atom. The van der Waals surface area contributed by atoms with Crippen molar-refractivity contribution in [1.82, 2.24) is 5.32 Å². The summed E-state index contributed by atoms with van der Waals surface area (Å²) < 4.78 is 5.94. The van der Waals surface area contributed by atoms with Crippen LogP contribution in [0.5, 0.6) is 0 Å². The Labute approximate surface area is 177 Å². The van der Waals surface area contributed by atoms with Crippen molar-refractivity contribution in [2.45, 2.75) is 53.4 Å². The number of rotatable bonds is 3. The number of aryl methyl sites for hydroxylation is 2. The molecule has 2 aliphatic rings. The first-order chi connectivity index (χ1) is 14.1. The SMILES string of the molecule is CC1=C(C(=O)Nc2ccc(C)cc2)[C@H](c2ccc(C)o2)C2=C(CC(C)(C)CC2=O)N1. The van der Waals surface area contributed by atoms with Crippen LogP contribution in [0.25, 0.3) is 0 Å². The van der Waals surface area contributed by atoms with E-state index in [1.165, 1.54) is 0 Å². The van der Waals surface area contributed by atoms with E-state index in [0.29, 0.717) is 23.3 Å². The number of hydrogen-bond acceptors (Lipinski definition) is 4. The van der Waals surface area contributed by atoms with Crippen LogP contribution in [0.2, 0.25) is 0 Å². The average Bonchev–Trinajstić information content (AvgIpc) is 3.07. The topological polar surface area (TPSA) is 71.3 Å². The smallest absolute Gasteiger partial charge is 0.254 e. The number of dihydropyridines is 1. The summed E-state index contributed by atoms with van der Waals surface area (Å²) >= 11 is 0. The van der Waals surface area contributed by atoms with Gasteiger partial charge in [0.05, 0.1) is 11.5 Å². The number of Topliss-reactive ketones (excluding diaryl/α,β-unsaturated/α-hetero) is 1. The number of hydrogen-bond donors (Lipinski definition) is 2. The molecule has 0 radical (unpaired) electrons. The molecule has 0 spiro atoms. The quantitative estimate of drug-likeness (QED) is 0.743. The van der Waals surface area contributed by atoms with Crippen LogP contribution >= 0.6 is 0 Å². The van der Waals surface area contributed by atoms with Gasteiger partial charge in [-0.15, -0.1) is 0 Å². The van der Waals surface area contributed by atoms with Crippen molar-refractivity contribution in [3.05, 3.63) is 76.0 Å². The Bertz CT molecular complexity index is 1080. The molecule has 1 atom stereocenters. The second kappa shape index (κ2) is 7.31. The van der Waals surface area contributed by atoms with Crippen molar-refractivity contribution in [2.24, 2.45) is 5.41 Å². The van der Waals surface area contributed by atoms with Crippen molar-refractivity contribution in [3.63, 3.8) is 0 Å². The second-order valence-corrected chi connectivity index (χ2v) is 9.20. The Morgan fingerprint density at radius 1 is 1.07 bits per heavy atom. The summed E-state index contributed by atoms with van der Waals surface area (Å²) in [5.74, 6) is 0.713. The maximum absolute atomic E-state index is 13.4. The zero-order valence-electron chi connectivity index (χ0n) is 18.2. The van der Waals surface area contributed by atoms with Crippen LogP contribution in [0.3, 0.4) is 0 Å². The lowest BCUT2D eigenvalue weighted by Crippen LogP contribution is -2.39. The molecule has 2 heterocycles. The number of anilines is 1. The molecule has 0 saturated carbocycles. The minimum absolute atomic E-state index is 0.0703. The first kappa shape index (κ1) is 20.2. The van der Waals surface area contributed by atoms with Crippen molar-refractivity contribution in [1.29, 1.82) is 0 Å². The van der Waals surface area contributed by atoms with Gasteiger partial charge >= 0.3 is 0 Å². The molecule has 156 valence electrons. The van der Waals surface area contributed by atoms with Crippen LogP contribution in [0.4, 0.5) is 5.69 Å². The highest BCUT2D eigenvalue weighted by Crippen LogP contribution is 2.47. The number of allylic oxidation sites excluding steroid dienone is 3. The monoisotopic (exact) mass is 404 g/mol. The molecule has 1 aromatic heterocycles. The van der Waals surface area contributed by atoms with Crippen LogP contribution in [0.1, 0.15) is 56.6 Å². The molecule has 0 fully saturated rings. The fraction of sp³-hybridized carbons (Fsp3) is 0.360. The van der Waals surface area contributed by atoms with Crippen molar-refractivity contribution in [2.75, 3.05) is 5.32 Å². The molecule has 5 nitrogen and oxygen atoms in total. The van der Waals surface area contributed by atoms with E-state index in [0.717, 1.165) is 34.8 Å². The van der Waals surface area contributed by atoms with Gasteiger partial charge in [0, 0.05) is 29.1 Å². The molecule has 1 aromatic carbocycles. The van der Waals surface area contributed by atoms with E-state index in [4.69, 9.17) is 4.42 Å². The molecule has 4 rings (SSSR count). The predicted molar refractivity (Wildman–Crippen MR) is 117 cm³/mol. The normalized spacial score (nSPS) is 20.7. The predicted octanol–water partition coefficient (Wildman–Crippen LogP) is 5.14. The summed E-state index contributed by atoms with van der Waals surface area (Å²) in [7, 11) is 0. The third-order valence-electron chi connectivity index (χ3n) is 5.84. The number of furan rings is 1. The summed E-state index contributed by atoms with van der Waals surface area (Å²) in [6.07, 6.45) is 1.21. The van der Waals surface area contributed by atoms with Gasteiger partial charge in [0.25, 0.3) is 5.91 Å². The maximum Gasteiger partial charge on any atom is 0.254 e. The van der Waals surface area contributed by atoms with E-state index in [2.05, 4.69) is 24.5 Å². The number of ketones is 1. The van der Waals surface area contributed by atoms with Gasteiger partial charge in [-0.1, -0.05) is 31.5 Å². The van der Waals surface area contributed by atoms with Gasteiger partial charge in [0.1, 0.15) is 11.5 Å². The first-order valence-electron chi connectivity index (χ1n) is 10.3. The Morgan fingerprint density at radius 3 is 2.40 bits per heavy atom. The van der Waals surface area contributed by atoms with Gasteiger partial charge in [-0.2, -0.15) is 0 Å². The van der Waals surface area contributed by atoms with Gasteiger partial charge in [0.15, 0.2) is 5.78 Å². The maximum atomic E-state index is 13.4. The molecule has 1 aliphatic heterocycles. The van der Waals surface area contributed by atoms with E-state index in [1.807, 2.05) is 57.2 Å². The Balaban J connectivity index is 1.78. The van der Waals surface area contributed by atoms with Crippen LogP contribution in [0, 0.1) is 19.3 Å². The summed E-state index contributed by atoms with van der Waals surface area (Å²) in [5, 5.41) is 6.36. The van der Waals surface area contributed by atoms with Crippen molar-refractivity contribution < 1.29 is 14.0 Å². The van der Waals surface area contributed by atoms with Gasteiger partial charge in [-0.3, -0.25) is 9.59 Å². The van der Waals surface area contributed by atoms with E-state index in [9.17, 15) is 9.59 Å². The molecule has 2 aromatic rings. The fourth-order valence-corrected chi connectivity index (χ4v) is 4.47. The standard InChI is InChI=1S/C25H28N2O3/c1-14-6-9-17(10-7-14)27-24(29)21-16(3)26-18-12-25(4,5)13-19(28)22(18)23(21)20-11-8-15(2)30-20/h6-11,23,26H,12-13H2,1-5H3,(H,27,29)/t23-/m0/s1. The van der Waals surface area contributed by atoms with Gasteiger partial charge < -0.3 is 15.1 Å². The van der Waals surface area contributed by atoms with Crippen LogP contribution in [0.15, 0.2) is 63.4 Å². The second-order valence-electron chi connectivity index (χ2n) is 9.20. The average molecular weight is 405 g/mol. The van der Waals surface area contributed by atoms with Crippen molar-refractivity contribution >= 4 is 17.4 Å². The van der Waals surface area contributed by atoms with Crippen LogP contribution in [-0.2, 0) is 9.59 Å². The molecule has 1 amide bonds. The number of amides is 1. The number of carbonyl (C=O) groups excluding carboxylic acids is 2. The zero-order chi connectivity index (χ0) is 21.6. The Kier molecular flexibility index (Phi) is 4.92. The lowest BCUT2D eigenvalue weighted by atomic mass is 9.69. The lowest BCUT2D eigenvalue weighted by molar-refractivity contribution is -0.118. The third kappa shape index (κ3) is 3.72. The highest BCUT2D eigenvalue weighted by Gasteiger charge is 2.43. The molecule has 30 heavy (non-hydrogen) atoms. The van der Waals surface area contributed by atoms with E-state index < -0.39 is 5.92 Å². The number of benzene rings is 1. The summed E-state index contributed by atoms with van der Waals surface area (Å²) in [4.78, 5) is 26.6. The highest BCUT2D eigenvalue weighted by molar-refractivity contribution is 6.09. The summed E-state index contributed by atoms with van der Waals surface area (Å²) in [6.45, 7) is 9.96. The fourth-order valence-electron chi connectivity index (χ4n) is 4.47. The van der Waals surface area contributed by atoms with Gasteiger partial charge in [-0.05, 0) is 56.9 Å². The minimum Gasteiger partial charge on any atom is -0.465 e. The number of carbonyl (C=O) groups is 2. The molecular weight excluding hydrogens is 376 g/mol. The van der Waals surface area contributed by atoms with E-state index in [-0.39, 0.29) is 17.1 Å². The summed E-state index contributed by atoms with van der Waals surface area (Å²) in [6, 6.07) is 11.4. The molecule has 0 saturated heterocycles. The van der Waals surface area contributed by atoms with E-state index in [1.54, 1.807) is 0 Å².